The van der Waals surface area contributed by atoms with Crippen molar-refractivity contribution in [2.45, 2.75) is 31.3 Å². The fourth-order valence-corrected chi connectivity index (χ4v) is 4.59. The number of anilines is 1. The van der Waals surface area contributed by atoms with E-state index in [9.17, 15) is 9.90 Å². The molecule has 2 aliphatic rings. The van der Waals surface area contributed by atoms with Gasteiger partial charge >= 0.3 is 0 Å². The van der Waals surface area contributed by atoms with Gasteiger partial charge in [-0.1, -0.05) is 36.4 Å². The van der Waals surface area contributed by atoms with Crippen molar-refractivity contribution < 1.29 is 9.90 Å². The third kappa shape index (κ3) is 4.99. The molecule has 2 aliphatic heterocycles. The van der Waals surface area contributed by atoms with Crippen LogP contribution in [0, 0.1) is 0 Å². The van der Waals surface area contributed by atoms with E-state index in [1.54, 1.807) is 0 Å². The summed E-state index contributed by atoms with van der Waals surface area (Å²) in [5.41, 5.74) is 0.0426. The predicted octanol–water partition coefficient (Wildman–Crippen LogP) is 2.19. The Morgan fingerprint density at radius 1 is 0.967 bits per heavy atom. The lowest BCUT2D eigenvalue weighted by Crippen LogP contribution is -2.60. The van der Waals surface area contributed by atoms with Crippen molar-refractivity contribution in [3.8, 4) is 0 Å². The van der Waals surface area contributed by atoms with Gasteiger partial charge in [-0.05, 0) is 43.4 Å². The van der Waals surface area contributed by atoms with E-state index in [0.717, 1.165) is 57.8 Å². The zero-order valence-electron chi connectivity index (χ0n) is 17.6. The minimum Gasteiger partial charge on any atom is -0.379 e. The van der Waals surface area contributed by atoms with E-state index < -0.39 is 5.60 Å². The molecule has 0 saturated carbocycles. The van der Waals surface area contributed by atoms with Gasteiger partial charge in [0.2, 0.25) is 0 Å². The largest absolute Gasteiger partial charge is 0.379 e. The van der Waals surface area contributed by atoms with Crippen molar-refractivity contribution in [1.82, 2.24) is 14.8 Å². The number of nitrogens with zero attached hydrogens (tertiary/aromatic N) is 4. The van der Waals surface area contributed by atoms with Gasteiger partial charge in [0.15, 0.2) is 5.60 Å². The molecule has 0 radical (unpaired) electrons. The first-order valence-electron chi connectivity index (χ1n) is 11.1. The Bertz CT molecular complexity index is 808. The molecule has 6 nitrogen and oxygen atoms in total. The lowest BCUT2D eigenvalue weighted by Gasteiger charge is -2.43. The number of β-amino-alcohol motifs (C(OH)–C–C–N with tert-alkyl or cyclic N) is 1. The van der Waals surface area contributed by atoms with Crippen LogP contribution < -0.4 is 4.90 Å². The first kappa shape index (κ1) is 20.8. The van der Waals surface area contributed by atoms with Crippen molar-refractivity contribution >= 4 is 11.7 Å². The number of rotatable bonds is 7. The Morgan fingerprint density at radius 2 is 1.73 bits per heavy atom. The summed E-state index contributed by atoms with van der Waals surface area (Å²) in [5, 5.41) is 11.2. The normalized spacial score (nSPS) is 23.0. The van der Waals surface area contributed by atoms with Crippen molar-refractivity contribution in [3.05, 3.63) is 60.3 Å². The van der Waals surface area contributed by atoms with Crippen molar-refractivity contribution in [2.75, 3.05) is 50.7 Å². The molecule has 2 aromatic rings. The second-order valence-corrected chi connectivity index (χ2v) is 8.47. The Labute approximate surface area is 179 Å². The maximum atomic E-state index is 13.1. The zero-order valence-corrected chi connectivity index (χ0v) is 17.6. The minimum absolute atomic E-state index is 0.0889. The summed E-state index contributed by atoms with van der Waals surface area (Å²) >= 11 is 0. The summed E-state index contributed by atoms with van der Waals surface area (Å²) in [6, 6.07) is 16.3. The molecule has 2 saturated heterocycles. The maximum absolute atomic E-state index is 13.1. The average Bonchev–Trinajstić information content (AvgIpc) is 2.79. The number of piperidine rings is 1. The molecule has 0 bridgehead atoms. The molecule has 6 heteroatoms. The van der Waals surface area contributed by atoms with Gasteiger partial charge in [-0.3, -0.25) is 9.69 Å². The van der Waals surface area contributed by atoms with Gasteiger partial charge in [0.05, 0.1) is 0 Å². The summed E-state index contributed by atoms with van der Waals surface area (Å²) in [6.07, 6.45) is 5.12. The van der Waals surface area contributed by atoms with E-state index in [1.165, 1.54) is 5.56 Å². The highest BCUT2D eigenvalue weighted by molar-refractivity contribution is 5.86. The number of benzene rings is 1. The molecule has 1 N–H and O–H groups in total. The standard InChI is InChI=1S/C24H32N4O2/c29-23-24(30,12-7-15-28(23)14-6-10-21-8-2-1-3-9-21)20-26-16-18-27(19-17-26)22-11-4-5-13-25-22/h1-5,8-9,11,13,30H,6-7,10,12,14-20H2/t24-/m0/s1. The van der Waals surface area contributed by atoms with Gasteiger partial charge in [0, 0.05) is 52.0 Å². The molecular formula is C24H32N4O2. The lowest BCUT2D eigenvalue weighted by atomic mass is 9.90. The Hall–Kier alpha value is -2.44. The van der Waals surface area contributed by atoms with Crippen LogP contribution in [0.1, 0.15) is 24.8 Å². The minimum atomic E-state index is -1.25. The highest BCUT2D eigenvalue weighted by atomic mass is 16.3. The van der Waals surface area contributed by atoms with Crippen LogP contribution in [-0.2, 0) is 11.2 Å². The van der Waals surface area contributed by atoms with Crippen molar-refractivity contribution in [3.63, 3.8) is 0 Å². The zero-order chi connectivity index (χ0) is 20.8. The van der Waals surface area contributed by atoms with E-state index in [1.807, 2.05) is 47.5 Å². The molecule has 160 valence electrons. The Balaban J connectivity index is 1.27. The number of aryl methyl sites for hydroxylation is 1. The van der Waals surface area contributed by atoms with E-state index in [-0.39, 0.29) is 5.91 Å². The molecule has 0 unspecified atom stereocenters. The number of carbonyl (C=O) groups is 1. The summed E-state index contributed by atoms with van der Waals surface area (Å²) in [6.45, 7) is 5.29. The van der Waals surface area contributed by atoms with E-state index in [0.29, 0.717) is 19.5 Å². The third-order valence-electron chi connectivity index (χ3n) is 6.27. The summed E-state index contributed by atoms with van der Waals surface area (Å²) in [4.78, 5) is 23.9. The van der Waals surface area contributed by atoms with Crippen LogP contribution in [0.3, 0.4) is 0 Å². The molecule has 30 heavy (non-hydrogen) atoms. The van der Waals surface area contributed by atoms with Crippen LogP contribution in [0.4, 0.5) is 5.82 Å². The van der Waals surface area contributed by atoms with Crippen molar-refractivity contribution in [2.24, 2.45) is 0 Å². The SMILES string of the molecule is O=C1N(CCCc2ccccc2)CCC[C@]1(O)CN1CCN(c2ccccn2)CC1. The molecule has 1 amide bonds. The molecule has 2 fully saturated rings. The van der Waals surface area contributed by atoms with E-state index >= 15 is 0 Å². The monoisotopic (exact) mass is 408 g/mol. The van der Waals surface area contributed by atoms with Gasteiger partial charge in [-0.25, -0.2) is 4.98 Å². The number of hydrogen-bond acceptors (Lipinski definition) is 5. The average molecular weight is 409 g/mol. The number of hydrogen-bond donors (Lipinski definition) is 1. The molecule has 4 rings (SSSR count). The summed E-state index contributed by atoms with van der Waals surface area (Å²) in [7, 11) is 0. The van der Waals surface area contributed by atoms with Crippen molar-refractivity contribution in [1.29, 1.82) is 0 Å². The number of pyridine rings is 1. The molecule has 1 aromatic carbocycles. The highest BCUT2D eigenvalue weighted by Gasteiger charge is 2.43. The second kappa shape index (κ2) is 9.58. The van der Waals surface area contributed by atoms with E-state index in [4.69, 9.17) is 0 Å². The number of likely N-dealkylation sites (tertiary alicyclic amines) is 1. The maximum Gasteiger partial charge on any atom is 0.255 e. The van der Waals surface area contributed by atoms with Gasteiger partial charge in [0.1, 0.15) is 5.82 Å². The van der Waals surface area contributed by atoms with Gasteiger partial charge < -0.3 is 14.9 Å². The predicted molar refractivity (Wildman–Crippen MR) is 118 cm³/mol. The molecule has 0 spiro atoms. The third-order valence-corrected chi connectivity index (χ3v) is 6.27. The highest BCUT2D eigenvalue weighted by Crippen LogP contribution is 2.25. The Morgan fingerprint density at radius 3 is 2.47 bits per heavy atom. The van der Waals surface area contributed by atoms with Gasteiger partial charge in [0.25, 0.3) is 5.91 Å². The summed E-state index contributed by atoms with van der Waals surface area (Å²) < 4.78 is 0. The molecular weight excluding hydrogens is 376 g/mol. The summed E-state index contributed by atoms with van der Waals surface area (Å²) in [5.74, 6) is 0.906. The van der Waals surface area contributed by atoms with Crippen LogP contribution in [0.15, 0.2) is 54.7 Å². The fraction of sp³-hybridized carbons (Fsp3) is 0.500. The van der Waals surface area contributed by atoms with E-state index in [2.05, 4.69) is 26.9 Å². The number of amides is 1. The number of carbonyl (C=O) groups excluding carboxylic acids is 1. The second-order valence-electron chi connectivity index (χ2n) is 8.47. The molecule has 1 aromatic heterocycles. The molecule has 0 aliphatic carbocycles. The van der Waals surface area contributed by atoms with Crippen LogP contribution in [0.2, 0.25) is 0 Å². The van der Waals surface area contributed by atoms with Gasteiger partial charge in [-0.2, -0.15) is 0 Å². The van der Waals surface area contributed by atoms with Gasteiger partial charge in [-0.15, -0.1) is 0 Å². The number of aliphatic hydroxyl groups is 1. The fourth-order valence-electron chi connectivity index (χ4n) is 4.59. The van der Waals surface area contributed by atoms with Crippen LogP contribution in [-0.4, -0.2) is 77.2 Å². The van der Waals surface area contributed by atoms with Crippen LogP contribution in [0.5, 0.6) is 0 Å². The first-order chi connectivity index (χ1) is 14.6. The number of aromatic nitrogens is 1. The smallest absolute Gasteiger partial charge is 0.255 e. The molecule has 1 atom stereocenters. The molecule has 3 heterocycles. The lowest BCUT2D eigenvalue weighted by molar-refractivity contribution is -0.159. The Kier molecular flexibility index (Phi) is 6.65. The quantitative estimate of drug-likeness (QED) is 0.761. The first-order valence-corrected chi connectivity index (χ1v) is 11.1. The van der Waals surface area contributed by atoms with Crippen LogP contribution >= 0.6 is 0 Å². The number of piperazine rings is 1. The van der Waals surface area contributed by atoms with Crippen LogP contribution in [0.25, 0.3) is 0 Å². The topological polar surface area (TPSA) is 59.9 Å².